The summed E-state index contributed by atoms with van der Waals surface area (Å²) in [7, 11) is 0. The minimum Gasteiger partial charge on any atom is -0.340 e. The summed E-state index contributed by atoms with van der Waals surface area (Å²) in [6, 6.07) is 0.673. The van der Waals surface area contributed by atoms with E-state index in [2.05, 4.69) is 36.2 Å². The lowest BCUT2D eigenvalue weighted by atomic mass is 9.69. The van der Waals surface area contributed by atoms with Gasteiger partial charge in [0, 0.05) is 19.0 Å². The zero-order chi connectivity index (χ0) is 13.7. The van der Waals surface area contributed by atoms with Crippen LogP contribution in [0.25, 0.3) is 0 Å². The van der Waals surface area contributed by atoms with Gasteiger partial charge in [-0.2, -0.15) is 4.98 Å². The van der Waals surface area contributed by atoms with Gasteiger partial charge in [0.25, 0.3) is 0 Å². The molecule has 19 heavy (non-hydrogen) atoms. The Morgan fingerprint density at radius 2 is 2.05 bits per heavy atom. The van der Waals surface area contributed by atoms with E-state index in [0.717, 1.165) is 24.8 Å². The van der Waals surface area contributed by atoms with Gasteiger partial charge in [0.05, 0.1) is 0 Å². The molecule has 0 atom stereocenters. The largest absolute Gasteiger partial charge is 0.340 e. The lowest BCUT2D eigenvalue weighted by molar-refractivity contribution is 0.137. The maximum atomic E-state index is 5.00. The van der Waals surface area contributed by atoms with Crippen molar-refractivity contribution in [2.24, 2.45) is 11.3 Å². The first-order valence-electron chi connectivity index (χ1n) is 7.60. The summed E-state index contributed by atoms with van der Waals surface area (Å²) in [6.45, 7) is 8.09. The van der Waals surface area contributed by atoms with Crippen LogP contribution in [0, 0.1) is 11.3 Å². The highest BCUT2D eigenvalue weighted by atomic mass is 16.5. The van der Waals surface area contributed by atoms with Crippen LogP contribution in [0.2, 0.25) is 0 Å². The number of hydrogen-bond acceptors (Lipinski definition) is 4. The molecular weight excluding hydrogens is 238 g/mol. The highest BCUT2D eigenvalue weighted by Crippen LogP contribution is 2.40. The molecule has 1 fully saturated rings. The Morgan fingerprint density at radius 1 is 1.32 bits per heavy atom. The summed E-state index contributed by atoms with van der Waals surface area (Å²) in [5, 5.41) is 7.24. The van der Waals surface area contributed by atoms with Crippen LogP contribution in [-0.4, -0.2) is 22.7 Å². The number of hydrogen-bond donors (Lipinski definition) is 1. The minimum atomic E-state index is 0.509. The van der Waals surface area contributed by atoms with Gasteiger partial charge in [-0.3, -0.25) is 0 Å². The molecular formula is C15H27N3O. The number of aromatic nitrogens is 2. The predicted molar refractivity (Wildman–Crippen MR) is 75.8 cm³/mol. The molecule has 0 aliphatic heterocycles. The highest BCUT2D eigenvalue weighted by molar-refractivity contribution is 4.85. The topological polar surface area (TPSA) is 51.0 Å². The van der Waals surface area contributed by atoms with Gasteiger partial charge in [-0.15, -0.1) is 0 Å². The van der Waals surface area contributed by atoms with Gasteiger partial charge in [0.2, 0.25) is 5.89 Å². The molecule has 0 unspecified atom stereocenters. The molecule has 108 valence electrons. The highest BCUT2D eigenvalue weighted by Gasteiger charge is 2.31. The maximum absolute atomic E-state index is 5.00. The molecule has 1 heterocycles. The quantitative estimate of drug-likeness (QED) is 0.858. The van der Waals surface area contributed by atoms with Crippen LogP contribution in [0.4, 0.5) is 0 Å². The van der Waals surface area contributed by atoms with Gasteiger partial charge < -0.3 is 9.84 Å². The molecule has 1 saturated carbocycles. The summed E-state index contributed by atoms with van der Waals surface area (Å²) in [6.07, 6.45) is 8.91. The molecule has 0 amide bonds. The Kier molecular flexibility index (Phi) is 4.97. The molecule has 0 bridgehead atoms. The second kappa shape index (κ2) is 6.51. The molecule has 2 rings (SSSR count). The Morgan fingerprint density at radius 3 is 2.63 bits per heavy atom. The Bertz CT molecular complexity index is 353. The fourth-order valence-corrected chi connectivity index (χ4v) is 3.06. The van der Waals surface area contributed by atoms with Crippen molar-refractivity contribution in [1.29, 1.82) is 0 Å². The third kappa shape index (κ3) is 4.03. The van der Waals surface area contributed by atoms with Crippen LogP contribution >= 0.6 is 0 Å². The van der Waals surface area contributed by atoms with E-state index < -0.39 is 0 Å². The van der Waals surface area contributed by atoms with Crippen LogP contribution < -0.4 is 5.32 Å². The van der Waals surface area contributed by atoms with E-state index in [1.165, 1.54) is 38.4 Å². The Hall–Kier alpha value is -0.900. The average molecular weight is 265 g/mol. The van der Waals surface area contributed by atoms with Crippen molar-refractivity contribution >= 4 is 0 Å². The molecule has 1 aliphatic rings. The average Bonchev–Trinajstić information content (AvgIpc) is 2.92. The van der Waals surface area contributed by atoms with Crippen LogP contribution in [0.3, 0.4) is 0 Å². The zero-order valence-electron chi connectivity index (χ0n) is 12.5. The van der Waals surface area contributed by atoms with E-state index in [4.69, 9.17) is 4.52 Å². The van der Waals surface area contributed by atoms with Gasteiger partial charge in [-0.05, 0) is 37.0 Å². The standard InChI is InChI=1S/C15H27N3O/c1-4-15(2,3)12-5-7-13(8-6-12)16-10-9-14-17-11-18-19-14/h11-13,16H,4-10H2,1-3H3. The van der Waals surface area contributed by atoms with Crippen molar-refractivity contribution in [3.8, 4) is 0 Å². The summed E-state index contributed by atoms with van der Waals surface area (Å²) >= 11 is 0. The van der Waals surface area contributed by atoms with Crippen LogP contribution in [0.5, 0.6) is 0 Å². The predicted octanol–water partition coefficient (Wildman–Crippen LogP) is 3.20. The molecule has 0 saturated heterocycles. The number of nitrogens with zero attached hydrogens (tertiary/aromatic N) is 2. The summed E-state index contributed by atoms with van der Waals surface area (Å²) in [4.78, 5) is 4.04. The zero-order valence-corrected chi connectivity index (χ0v) is 12.5. The van der Waals surface area contributed by atoms with Crippen molar-refractivity contribution < 1.29 is 4.52 Å². The molecule has 1 aliphatic carbocycles. The summed E-state index contributed by atoms with van der Waals surface area (Å²) in [5.74, 6) is 1.62. The van der Waals surface area contributed by atoms with E-state index in [1.807, 2.05) is 0 Å². The Balaban J connectivity index is 1.66. The van der Waals surface area contributed by atoms with E-state index >= 15 is 0 Å². The first-order chi connectivity index (χ1) is 9.12. The van der Waals surface area contributed by atoms with Crippen molar-refractivity contribution in [3.63, 3.8) is 0 Å². The Labute approximate surface area is 116 Å². The minimum absolute atomic E-state index is 0.509. The molecule has 1 N–H and O–H groups in total. The van der Waals surface area contributed by atoms with E-state index in [9.17, 15) is 0 Å². The first-order valence-corrected chi connectivity index (χ1v) is 7.60. The first kappa shape index (κ1) is 14.5. The SMILES string of the molecule is CCC(C)(C)C1CCC(NCCc2ncno2)CC1. The van der Waals surface area contributed by atoms with Gasteiger partial charge in [0.1, 0.15) is 0 Å². The molecule has 4 heteroatoms. The van der Waals surface area contributed by atoms with Gasteiger partial charge in [-0.1, -0.05) is 32.3 Å². The van der Waals surface area contributed by atoms with Crippen molar-refractivity contribution in [1.82, 2.24) is 15.5 Å². The van der Waals surface area contributed by atoms with Gasteiger partial charge in [-0.25, -0.2) is 0 Å². The van der Waals surface area contributed by atoms with Crippen molar-refractivity contribution in [2.75, 3.05) is 6.54 Å². The molecule has 1 aromatic rings. The van der Waals surface area contributed by atoms with Gasteiger partial charge in [0.15, 0.2) is 6.33 Å². The van der Waals surface area contributed by atoms with Crippen LogP contribution in [0.1, 0.15) is 58.8 Å². The lowest BCUT2D eigenvalue weighted by Crippen LogP contribution is -2.37. The normalized spacial score (nSPS) is 24.6. The van der Waals surface area contributed by atoms with E-state index in [-0.39, 0.29) is 0 Å². The van der Waals surface area contributed by atoms with Crippen molar-refractivity contribution in [3.05, 3.63) is 12.2 Å². The maximum Gasteiger partial charge on any atom is 0.227 e. The molecule has 1 aromatic heterocycles. The van der Waals surface area contributed by atoms with Crippen molar-refractivity contribution in [2.45, 2.75) is 65.3 Å². The number of nitrogens with one attached hydrogen (secondary N) is 1. The second-order valence-electron chi connectivity index (χ2n) is 6.43. The summed E-state index contributed by atoms with van der Waals surface area (Å²) < 4.78 is 5.00. The summed E-state index contributed by atoms with van der Waals surface area (Å²) in [5.41, 5.74) is 0.509. The smallest absolute Gasteiger partial charge is 0.227 e. The van der Waals surface area contributed by atoms with Gasteiger partial charge >= 0.3 is 0 Å². The van der Waals surface area contributed by atoms with E-state index in [1.54, 1.807) is 0 Å². The van der Waals surface area contributed by atoms with Crippen LogP contribution in [0.15, 0.2) is 10.9 Å². The third-order valence-electron chi connectivity index (χ3n) is 4.92. The molecule has 0 spiro atoms. The fourth-order valence-electron chi connectivity index (χ4n) is 3.06. The van der Waals surface area contributed by atoms with Crippen LogP contribution in [-0.2, 0) is 6.42 Å². The molecule has 0 radical (unpaired) electrons. The molecule has 4 nitrogen and oxygen atoms in total. The lowest BCUT2D eigenvalue weighted by Gasteiger charge is -2.39. The monoisotopic (exact) mass is 265 g/mol. The molecule has 0 aromatic carbocycles. The second-order valence-corrected chi connectivity index (χ2v) is 6.43. The van der Waals surface area contributed by atoms with E-state index in [0.29, 0.717) is 11.5 Å². The fraction of sp³-hybridized carbons (Fsp3) is 0.867. The number of rotatable bonds is 6. The third-order valence-corrected chi connectivity index (χ3v) is 4.92.